The number of halogens is 3. The van der Waals surface area contributed by atoms with Gasteiger partial charge in [-0.2, -0.15) is 10.2 Å². The van der Waals surface area contributed by atoms with E-state index in [9.17, 15) is 46.7 Å². The number of hydrogen-bond donors (Lipinski definition) is 4. The highest BCUT2D eigenvalue weighted by Crippen LogP contribution is 2.47. The number of rotatable bonds is 22. The molecule has 4 N–H and O–H groups in total. The van der Waals surface area contributed by atoms with Crippen LogP contribution in [0.2, 0.25) is 10.0 Å². The number of anilines is 4. The number of benzene rings is 6. The number of nitrogens with zero attached hydrogens (tertiary/aromatic N) is 16. The molecule has 37 heteroatoms. The van der Waals surface area contributed by atoms with Gasteiger partial charge in [-0.1, -0.05) is 86.3 Å². The van der Waals surface area contributed by atoms with Gasteiger partial charge >= 0.3 is 0 Å². The smallest absolute Gasteiger partial charge is 0.293 e. The Morgan fingerprint density at radius 2 is 0.863 bits per heavy atom. The Morgan fingerprint density at radius 1 is 0.481 bits per heavy atom. The molecule has 0 saturated carbocycles. The molecule has 12 heterocycles. The van der Waals surface area contributed by atoms with Gasteiger partial charge < -0.3 is 39.0 Å². The lowest BCUT2D eigenvalue weighted by molar-refractivity contribution is -0.384. The minimum Gasteiger partial charge on any atom is -0.379 e. The summed E-state index contributed by atoms with van der Waals surface area (Å²) in [4.78, 5) is 84.8. The predicted molar refractivity (Wildman–Crippen MR) is 510 cm³/mol. The van der Waals surface area contributed by atoms with Crippen LogP contribution >= 0.6 is 35.6 Å². The number of sulfonamides is 2. The molecule has 6 saturated heterocycles. The van der Waals surface area contributed by atoms with Crippen molar-refractivity contribution in [1.82, 2.24) is 68.5 Å². The highest BCUT2D eigenvalue weighted by molar-refractivity contribution is 7.90. The maximum absolute atomic E-state index is 14.3. The fourth-order valence-electron chi connectivity index (χ4n) is 19.5. The largest absolute Gasteiger partial charge is 0.379 e. The van der Waals surface area contributed by atoms with Crippen molar-refractivity contribution in [1.29, 1.82) is 0 Å². The lowest BCUT2D eigenvalue weighted by Gasteiger charge is -2.47. The van der Waals surface area contributed by atoms with Crippen LogP contribution in [0, 0.1) is 31.1 Å². The number of ether oxygens (including phenoxy) is 2. The third-order valence-corrected chi connectivity index (χ3v) is 30.2. The molecule has 0 unspecified atom stereocenters. The zero-order valence-electron chi connectivity index (χ0n) is 73.2. The number of nitro benzene ring substituents is 2. The van der Waals surface area contributed by atoms with Crippen molar-refractivity contribution in [3.63, 3.8) is 0 Å². The van der Waals surface area contributed by atoms with Gasteiger partial charge in [-0.25, -0.2) is 45.6 Å². The highest BCUT2D eigenvalue weighted by atomic mass is 35.5. The van der Waals surface area contributed by atoms with Gasteiger partial charge in [0.1, 0.15) is 33.7 Å². The number of nitrogens with one attached hydrogen (secondary N) is 4. The summed E-state index contributed by atoms with van der Waals surface area (Å²) in [5.41, 5.74) is 15.0. The van der Waals surface area contributed by atoms with Gasteiger partial charge in [0.15, 0.2) is 0 Å². The standard InChI is InChI=1S/2C47H51ClN10O6S.ClH/c2*1-47(2)13-11-33(39(26-47)31-3-5-34(48)6-4-31)28-53-15-17-54(18-16-53)35-7-9-38(42(24-35)57-43-23-32-12-14-49-45(32)51-40(43)27-50-57)46(59)52-65(62,63)37-8-10-41(44(25-37)58(60)61)56-29-36(30-56)55-19-21-64-22-20-55;/h2*3-10,12,14,23-25,27,36H,11,13,15-22,26,28-30H2,1-2H3,(H,49,51)(H,52,59);1H. The molecular formula is C94H103Cl3N20O12S2. The number of piperazine rings is 2. The number of allylic oxidation sites excluding steroid dienone is 2. The van der Waals surface area contributed by atoms with Crippen LogP contribution in [0.5, 0.6) is 0 Å². The molecule has 6 aromatic carbocycles. The Labute approximate surface area is 774 Å². The number of pyridine rings is 2. The molecule has 6 aromatic heterocycles. The lowest BCUT2D eigenvalue weighted by Crippen LogP contribution is -2.61. The summed E-state index contributed by atoms with van der Waals surface area (Å²) < 4.78 is 74.3. The molecule has 6 aliphatic heterocycles. The van der Waals surface area contributed by atoms with Gasteiger partial charge in [0.05, 0.1) is 92.0 Å². The van der Waals surface area contributed by atoms with Crippen LogP contribution in [-0.4, -0.2) is 254 Å². The van der Waals surface area contributed by atoms with Gasteiger partial charge in [0.2, 0.25) is 0 Å². The van der Waals surface area contributed by atoms with Gasteiger partial charge in [0, 0.05) is 187 Å². The van der Waals surface area contributed by atoms with Crippen LogP contribution in [0.15, 0.2) is 191 Å². The van der Waals surface area contributed by atoms with E-state index >= 15 is 0 Å². The summed E-state index contributed by atoms with van der Waals surface area (Å²) in [5, 5.41) is 37.1. The molecule has 2 aliphatic carbocycles. The number of aromatic nitrogens is 8. The number of nitro groups is 2. The summed E-state index contributed by atoms with van der Waals surface area (Å²) in [6.45, 7) is 25.5. The first-order valence-corrected chi connectivity index (χ1v) is 47.9. The van der Waals surface area contributed by atoms with Crippen LogP contribution < -0.4 is 29.0 Å². The van der Waals surface area contributed by atoms with Gasteiger partial charge in [-0.3, -0.25) is 49.4 Å². The molecule has 12 aromatic rings. The van der Waals surface area contributed by atoms with Crippen LogP contribution in [0.4, 0.5) is 34.1 Å². The van der Waals surface area contributed by atoms with Crippen LogP contribution in [-0.2, 0) is 29.5 Å². The van der Waals surface area contributed by atoms with E-state index in [-0.39, 0.29) is 67.6 Å². The van der Waals surface area contributed by atoms with Gasteiger partial charge in [-0.05, 0) is 181 Å². The van der Waals surface area contributed by atoms with Crippen molar-refractivity contribution in [3.05, 3.63) is 234 Å². The number of carbonyl (C=O) groups is 2. The van der Waals surface area contributed by atoms with Crippen molar-refractivity contribution in [2.75, 3.05) is 164 Å². The first-order valence-electron chi connectivity index (χ1n) is 44.2. The maximum Gasteiger partial charge on any atom is 0.293 e. The van der Waals surface area contributed by atoms with Crippen molar-refractivity contribution in [2.45, 2.75) is 88.1 Å². The summed E-state index contributed by atoms with van der Waals surface area (Å²) in [6.07, 6.45) is 13.2. The molecule has 0 bridgehead atoms. The monoisotopic (exact) mass is 1870 g/mol. The van der Waals surface area contributed by atoms with E-state index in [1.807, 2.05) is 82.6 Å². The Kier molecular flexibility index (Phi) is 25.4. The highest BCUT2D eigenvalue weighted by Gasteiger charge is 2.41. The van der Waals surface area contributed by atoms with E-state index in [1.54, 1.807) is 46.3 Å². The zero-order chi connectivity index (χ0) is 90.1. The first kappa shape index (κ1) is 90.1. The number of hydrogen-bond acceptors (Lipinski definition) is 24. The van der Waals surface area contributed by atoms with E-state index in [1.165, 1.54) is 57.7 Å². The van der Waals surface area contributed by atoms with Crippen molar-refractivity contribution in [3.8, 4) is 11.4 Å². The average molecular weight is 1880 g/mol. The van der Waals surface area contributed by atoms with Gasteiger partial charge in [-0.15, -0.1) is 12.4 Å². The molecule has 8 aliphatic rings. The molecule has 2 amide bonds. The topological polar surface area (TPSA) is 350 Å². The fraction of sp³-hybridized carbons (Fsp3) is 0.383. The molecule has 6 fully saturated rings. The Bertz CT molecular complexity index is 6300. The number of amides is 2. The summed E-state index contributed by atoms with van der Waals surface area (Å²) in [7, 11) is -9.14. The SMILES string of the molecule is CC1(C)CCC(CN2CCN(c3ccc(C(=O)NS(=O)(=O)c4ccc(N5CC(N6CCOCC6)C5)c([N+](=O)[O-])c4)c(-n4ncc5nc6[nH]ccc6cc54)c3)CC2)=C(c2ccc(Cl)cc2)C1.CC1(C)CCC(CN2CCN(c3ccc(C(=O)NS(=O)(=O)c4ccc(N5CC(N6CCOCC6)C5)c([N+](=O)[O-])c4)c(-n4ncc5nc6[nH]ccc6cc54)c3)CC2)=C(c2ccc(Cl)cc2)C1.Cl. The molecule has 131 heavy (non-hydrogen) atoms. The van der Waals surface area contributed by atoms with Crippen LogP contribution in [0.25, 0.3) is 66.7 Å². The fourth-order valence-corrected chi connectivity index (χ4v) is 21.7. The first-order chi connectivity index (χ1) is 62.6. The Balaban J connectivity index is 0.000000175. The van der Waals surface area contributed by atoms with E-state index in [0.29, 0.717) is 109 Å². The second-order valence-electron chi connectivity index (χ2n) is 36.6. The predicted octanol–water partition coefficient (Wildman–Crippen LogP) is 14.2. The van der Waals surface area contributed by atoms with E-state index in [0.717, 1.165) is 174 Å². The normalized spacial score (nSPS) is 18.8. The van der Waals surface area contributed by atoms with E-state index in [2.05, 4.69) is 111 Å². The summed E-state index contributed by atoms with van der Waals surface area (Å²) in [6, 6.07) is 42.7. The number of morpholine rings is 2. The summed E-state index contributed by atoms with van der Waals surface area (Å²) >= 11 is 12.5. The minimum absolute atomic E-state index is 0. The van der Waals surface area contributed by atoms with Crippen molar-refractivity contribution >= 4 is 157 Å². The number of fused-ring (bicyclic) bond motifs is 4. The number of H-pyrrole nitrogens is 2. The minimum atomic E-state index is -4.57. The van der Waals surface area contributed by atoms with Crippen molar-refractivity contribution in [2.24, 2.45) is 10.8 Å². The zero-order valence-corrected chi connectivity index (χ0v) is 77.1. The van der Waals surface area contributed by atoms with Gasteiger partial charge in [0.25, 0.3) is 43.2 Å². The molecular weight excluding hydrogens is 1770 g/mol. The van der Waals surface area contributed by atoms with E-state index < -0.39 is 41.7 Å². The molecule has 0 spiro atoms. The summed E-state index contributed by atoms with van der Waals surface area (Å²) in [5.74, 6) is -1.81. The Morgan fingerprint density at radius 3 is 1.24 bits per heavy atom. The third-order valence-electron chi connectivity index (χ3n) is 27.0. The molecule has 0 atom stereocenters. The van der Waals surface area contributed by atoms with E-state index in [4.69, 9.17) is 42.6 Å². The number of carbonyl (C=O) groups excluding carboxylic acids is 2. The Hall–Kier alpha value is -11.4. The molecule has 32 nitrogen and oxygen atoms in total. The third kappa shape index (κ3) is 19.1. The molecule has 684 valence electrons. The quantitative estimate of drug-likeness (QED) is 0.0362. The van der Waals surface area contributed by atoms with Crippen LogP contribution in [0.3, 0.4) is 0 Å². The molecule has 0 radical (unpaired) electrons. The van der Waals surface area contributed by atoms with Crippen molar-refractivity contribution < 1.29 is 45.7 Å². The van der Waals surface area contributed by atoms with Crippen LogP contribution in [0.1, 0.15) is 98.1 Å². The second kappa shape index (κ2) is 37.0. The average Bonchev–Trinajstić information content (AvgIpc) is 1.53. The number of aromatic amines is 2. The molecule has 20 rings (SSSR count). The second-order valence-corrected chi connectivity index (χ2v) is 40.9. The lowest BCUT2D eigenvalue weighted by atomic mass is 9.72. The maximum atomic E-state index is 14.3.